The van der Waals surface area contributed by atoms with Crippen molar-refractivity contribution >= 4 is 23.9 Å². The highest BCUT2D eigenvalue weighted by atomic mass is 16.6. The summed E-state index contributed by atoms with van der Waals surface area (Å²) in [4.78, 5) is 47.8. The Labute approximate surface area is 225 Å². The number of hydrogen-bond acceptors (Lipinski definition) is 9. The van der Waals surface area contributed by atoms with Gasteiger partial charge in [-0.25, -0.2) is 19.2 Å². The largest absolute Gasteiger partial charge is 0.490 e. The summed E-state index contributed by atoms with van der Waals surface area (Å²) in [6.07, 6.45) is 0. The van der Waals surface area contributed by atoms with Gasteiger partial charge in [0.25, 0.3) is 0 Å². The molecule has 9 heteroatoms. The Morgan fingerprint density at radius 3 is 1.36 bits per heavy atom. The van der Waals surface area contributed by atoms with Crippen LogP contribution in [0, 0.1) is 0 Å². The highest BCUT2D eigenvalue weighted by Crippen LogP contribution is 2.21. The zero-order valence-electron chi connectivity index (χ0n) is 21.4. The van der Waals surface area contributed by atoms with Crippen molar-refractivity contribution in [2.45, 2.75) is 13.8 Å². The van der Waals surface area contributed by atoms with E-state index in [2.05, 4.69) is 13.2 Å². The van der Waals surface area contributed by atoms with Crippen LogP contribution in [0.1, 0.15) is 34.6 Å². The molecule has 3 aromatic rings. The van der Waals surface area contributed by atoms with Gasteiger partial charge in [0.1, 0.15) is 36.2 Å². The average Bonchev–Trinajstić information content (AvgIpc) is 2.92. The van der Waals surface area contributed by atoms with E-state index in [0.717, 1.165) is 0 Å². The Balaban J connectivity index is 1.48. The van der Waals surface area contributed by atoms with Gasteiger partial charge in [-0.05, 0) is 86.6 Å². The van der Waals surface area contributed by atoms with Crippen molar-refractivity contribution in [1.82, 2.24) is 0 Å². The zero-order valence-corrected chi connectivity index (χ0v) is 21.4. The molecule has 0 radical (unpaired) electrons. The minimum atomic E-state index is -0.617. The molecule has 0 unspecified atom stereocenters. The van der Waals surface area contributed by atoms with Crippen molar-refractivity contribution in [2.24, 2.45) is 0 Å². The molecule has 200 valence electrons. The van der Waals surface area contributed by atoms with Crippen LogP contribution in [0.5, 0.6) is 23.0 Å². The van der Waals surface area contributed by atoms with E-state index in [4.69, 9.17) is 23.7 Å². The molecule has 0 saturated carbocycles. The van der Waals surface area contributed by atoms with Crippen LogP contribution in [0.3, 0.4) is 0 Å². The molecule has 0 fully saturated rings. The van der Waals surface area contributed by atoms with Gasteiger partial charge in [0, 0.05) is 11.1 Å². The third kappa shape index (κ3) is 8.71. The van der Waals surface area contributed by atoms with Crippen LogP contribution in [-0.2, 0) is 14.3 Å². The van der Waals surface area contributed by atoms with Crippen LogP contribution in [0.25, 0.3) is 0 Å². The van der Waals surface area contributed by atoms with Crippen LogP contribution >= 0.6 is 0 Å². The smallest absolute Gasteiger partial charge is 0.343 e. The lowest BCUT2D eigenvalue weighted by Crippen LogP contribution is -2.12. The summed E-state index contributed by atoms with van der Waals surface area (Å²) in [5.74, 6) is -0.994. The first-order chi connectivity index (χ1) is 18.6. The van der Waals surface area contributed by atoms with E-state index in [0.29, 0.717) is 16.9 Å². The zero-order chi connectivity index (χ0) is 28.4. The molecule has 39 heavy (non-hydrogen) atoms. The number of carbonyl (C=O) groups is 4. The van der Waals surface area contributed by atoms with E-state index in [1.54, 1.807) is 31.2 Å². The molecule has 0 aromatic heterocycles. The summed E-state index contributed by atoms with van der Waals surface area (Å²) in [5.41, 5.74) is 1.11. The lowest BCUT2D eigenvalue weighted by atomic mass is 10.2. The quantitative estimate of drug-likeness (QED) is 0.144. The molecule has 0 heterocycles. The summed E-state index contributed by atoms with van der Waals surface area (Å²) in [6.45, 7) is 10.3. The summed E-state index contributed by atoms with van der Waals surface area (Å²) in [7, 11) is 0. The first-order valence-electron chi connectivity index (χ1n) is 11.7. The van der Waals surface area contributed by atoms with Crippen LogP contribution in [0.2, 0.25) is 0 Å². The fraction of sp³-hybridized carbons (Fsp3) is 0.133. The Morgan fingerprint density at radius 2 is 0.923 bits per heavy atom. The van der Waals surface area contributed by atoms with Gasteiger partial charge in [0.15, 0.2) is 0 Å². The first-order valence-corrected chi connectivity index (χ1v) is 11.7. The second-order valence-electron chi connectivity index (χ2n) is 8.23. The number of hydrogen-bond donors (Lipinski definition) is 0. The van der Waals surface area contributed by atoms with Gasteiger partial charge in [-0.15, -0.1) is 0 Å². The van der Waals surface area contributed by atoms with Gasteiger partial charge in [0.2, 0.25) is 0 Å². The van der Waals surface area contributed by atoms with E-state index in [9.17, 15) is 19.2 Å². The SMILES string of the molecule is C=C(C)C(=O)OCCOc1ccc(C(=O)Oc2ccc(OC(=O)c3ccc(OC(=O)C(=C)C)cc3)cc2)cc1. The third-order valence-corrected chi connectivity index (χ3v) is 4.92. The number of benzene rings is 3. The standard InChI is InChI=1S/C30H26O9/c1-19(2)27(31)36-18-17-35-23-9-5-21(6-10-23)29(33)38-25-13-15-26(16-14-25)39-30(34)22-7-11-24(12-8-22)37-28(32)20(3)4/h5-16H,1,3,17-18H2,2,4H3. The summed E-state index contributed by atoms with van der Waals surface area (Å²) in [6, 6.07) is 18.1. The molecule has 0 aliphatic heterocycles. The summed E-state index contributed by atoms with van der Waals surface area (Å²) >= 11 is 0. The predicted octanol–water partition coefficient (Wildman–Crippen LogP) is 5.10. The van der Waals surface area contributed by atoms with Gasteiger partial charge in [-0.2, -0.15) is 0 Å². The molecule has 0 spiro atoms. The second-order valence-corrected chi connectivity index (χ2v) is 8.23. The molecule has 0 N–H and O–H groups in total. The molecule has 9 nitrogen and oxygen atoms in total. The van der Waals surface area contributed by atoms with Crippen LogP contribution in [0.15, 0.2) is 97.1 Å². The summed E-state index contributed by atoms with van der Waals surface area (Å²) < 4.78 is 26.2. The van der Waals surface area contributed by atoms with Gasteiger partial charge < -0.3 is 23.7 Å². The van der Waals surface area contributed by atoms with Gasteiger partial charge in [-0.3, -0.25) is 0 Å². The van der Waals surface area contributed by atoms with Crippen LogP contribution in [-0.4, -0.2) is 37.1 Å². The lowest BCUT2D eigenvalue weighted by molar-refractivity contribution is -0.139. The minimum absolute atomic E-state index is 0.0695. The maximum absolute atomic E-state index is 12.5. The Morgan fingerprint density at radius 1 is 0.538 bits per heavy atom. The molecular weight excluding hydrogens is 504 g/mol. The van der Waals surface area contributed by atoms with Gasteiger partial charge in [-0.1, -0.05) is 13.2 Å². The second kappa shape index (κ2) is 13.4. The van der Waals surface area contributed by atoms with Gasteiger partial charge >= 0.3 is 23.9 Å². The highest BCUT2D eigenvalue weighted by molar-refractivity contribution is 5.92. The van der Waals surface area contributed by atoms with Crippen LogP contribution < -0.4 is 18.9 Å². The predicted molar refractivity (Wildman–Crippen MR) is 141 cm³/mol. The van der Waals surface area contributed by atoms with Crippen LogP contribution in [0.4, 0.5) is 0 Å². The van der Waals surface area contributed by atoms with Crippen molar-refractivity contribution < 1.29 is 42.9 Å². The molecule has 0 aliphatic carbocycles. The van der Waals surface area contributed by atoms with E-state index < -0.39 is 23.9 Å². The average molecular weight is 531 g/mol. The van der Waals surface area contributed by atoms with Crippen molar-refractivity contribution in [3.8, 4) is 23.0 Å². The topological polar surface area (TPSA) is 114 Å². The Kier molecular flexibility index (Phi) is 9.75. The van der Waals surface area contributed by atoms with Crippen molar-refractivity contribution in [3.05, 3.63) is 108 Å². The molecule has 0 saturated heterocycles. The Bertz CT molecular complexity index is 1370. The lowest BCUT2D eigenvalue weighted by Gasteiger charge is -2.09. The molecule has 0 atom stereocenters. The molecule has 3 rings (SSSR count). The monoisotopic (exact) mass is 530 g/mol. The number of carbonyl (C=O) groups excluding carboxylic acids is 4. The number of ether oxygens (including phenoxy) is 5. The molecule has 0 amide bonds. The fourth-order valence-corrected chi connectivity index (χ4v) is 2.87. The van der Waals surface area contributed by atoms with Crippen molar-refractivity contribution in [1.29, 1.82) is 0 Å². The highest BCUT2D eigenvalue weighted by Gasteiger charge is 2.13. The normalized spacial score (nSPS) is 10.1. The fourth-order valence-electron chi connectivity index (χ4n) is 2.87. The molecular formula is C30H26O9. The molecule has 0 bridgehead atoms. The third-order valence-electron chi connectivity index (χ3n) is 4.92. The van der Waals surface area contributed by atoms with Gasteiger partial charge in [0.05, 0.1) is 11.1 Å². The summed E-state index contributed by atoms with van der Waals surface area (Å²) in [5, 5.41) is 0. The molecule has 3 aromatic carbocycles. The maximum atomic E-state index is 12.5. The van der Waals surface area contributed by atoms with E-state index in [1.165, 1.54) is 55.5 Å². The Hall–Kier alpha value is -5.18. The van der Waals surface area contributed by atoms with E-state index in [-0.39, 0.29) is 41.6 Å². The van der Waals surface area contributed by atoms with Crippen molar-refractivity contribution in [2.75, 3.05) is 13.2 Å². The minimum Gasteiger partial charge on any atom is -0.490 e. The van der Waals surface area contributed by atoms with Crippen molar-refractivity contribution in [3.63, 3.8) is 0 Å². The van der Waals surface area contributed by atoms with E-state index >= 15 is 0 Å². The van der Waals surface area contributed by atoms with E-state index in [1.807, 2.05) is 0 Å². The number of esters is 4. The first kappa shape index (κ1) is 28.4. The maximum Gasteiger partial charge on any atom is 0.343 e. The number of rotatable bonds is 11. The molecule has 0 aliphatic rings.